The predicted molar refractivity (Wildman–Crippen MR) is 144 cm³/mol. The second-order valence-electron chi connectivity index (χ2n) is 7.38. The van der Waals surface area contributed by atoms with E-state index in [0.717, 1.165) is 14.7 Å². The zero-order valence-electron chi connectivity index (χ0n) is 18.0. The first-order valence-electron chi connectivity index (χ1n) is 10.5. The largest absolute Gasteiger partial charge is 0.490 e. The summed E-state index contributed by atoms with van der Waals surface area (Å²) >= 11 is 8.54. The highest BCUT2D eigenvalue weighted by atomic mass is 127. The summed E-state index contributed by atoms with van der Waals surface area (Å²) < 4.78 is 13.0. The van der Waals surface area contributed by atoms with Gasteiger partial charge in [0.15, 0.2) is 11.5 Å². The third kappa shape index (κ3) is 5.50. The average molecular weight is 566 g/mol. The first kappa shape index (κ1) is 23.2. The number of rotatable bonds is 7. The summed E-state index contributed by atoms with van der Waals surface area (Å²) in [6.07, 6.45) is 1.82. The fourth-order valence-electron chi connectivity index (χ4n) is 3.57. The Hall–Kier alpha value is -3.01. The van der Waals surface area contributed by atoms with Gasteiger partial charge in [0.25, 0.3) is 0 Å². The van der Waals surface area contributed by atoms with Crippen LogP contribution in [-0.4, -0.2) is 6.61 Å². The summed E-state index contributed by atoms with van der Waals surface area (Å²) in [5.41, 5.74) is 3.12. The molecule has 4 aromatic carbocycles. The van der Waals surface area contributed by atoms with Gasteiger partial charge in [-0.1, -0.05) is 66.2 Å². The Bertz CT molecular complexity index is 1370. The molecule has 0 bridgehead atoms. The monoisotopic (exact) mass is 565 g/mol. The lowest BCUT2D eigenvalue weighted by atomic mass is 10.0. The number of benzene rings is 4. The standard InChI is InChI=1S/C28H21ClINO2/c1-2-32-27-16-20(14-23(17-31)24-9-5-6-10-25(24)29)15-26(30)28(27)33-18-19-11-12-21-7-3-4-8-22(21)13-19/h3-16H,2,18H2,1H3. The molecule has 0 aliphatic heterocycles. The molecular formula is C28H21ClINO2. The second kappa shape index (κ2) is 10.7. The topological polar surface area (TPSA) is 42.2 Å². The van der Waals surface area contributed by atoms with Crippen molar-refractivity contribution in [2.24, 2.45) is 0 Å². The van der Waals surface area contributed by atoms with Gasteiger partial charge in [0.05, 0.1) is 21.8 Å². The van der Waals surface area contributed by atoms with E-state index in [1.54, 1.807) is 6.07 Å². The van der Waals surface area contributed by atoms with Gasteiger partial charge in [-0.2, -0.15) is 5.26 Å². The number of halogens is 2. The van der Waals surface area contributed by atoms with Crippen molar-refractivity contribution in [2.45, 2.75) is 13.5 Å². The minimum atomic E-state index is 0.430. The third-order valence-electron chi connectivity index (χ3n) is 5.12. The van der Waals surface area contributed by atoms with Crippen LogP contribution in [0.25, 0.3) is 22.4 Å². The van der Waals surface area contributed by atoms with Gasteiger partial charge in [0.2, 0.25) is 0 Å². The number of fused-ring (bicyclic) bond motifs is 1. The summed E-state index contributed by atoms with van der Waals surface area (Å²) in [6, 6.07) is 28.1. The van der Waals surface area contributed by atoms with E-state index in [0.29, 0.717) is 40.9 Å². The molecule has 33 heavy (non-hydrogen) atoms. The van der Waals surface area contributed by atoms with Crippen molar-refractivity contribution < 1.29 is 9.47 Å². The average Bonchev–Trinajstić information content (AvgIpc) is 2.82. The maximum Gasteiger partial charge on any atom is 0.175 e. The number of allylic oxidation sites excluding steroid dienone is 1. The third-order valence-corrected chi connectivity index (χ3v) is 6.26. The van der Waals surface area contributed by atoms with Gasteiger partial charge in [-0.15, -0.1) is 0 Å². The van der Waals surface area contributed by atoms with Gasteiger partial charge in [-0.3, -0.25) is 0 Å². The molecule has 0 N–H and O–H groups in total. The fourth-order valence-corrected chi connectivity index (χ4v) is 4.59. The Balaban J connectivity index is 1.64. The Morgan fingerprint density at radius 1 is 0.970 bits per heavy atom. The SMILES string of the molecule is CCOc1cc(C=C(C#N)c2ccccc2Cl)cc(I)c1OCc1ccc2ccccc2c1. The maximum atomic E-state index is 9.71. The molecule has 0 aromatic heterocycles. The second-order valence-corrected chi connectivity index (χ2v) is 8.95. The lowest BCUT2D eigenvalue weighted by Gasteiger charge is -2.15. The molecule has 4 rings (SSSR count). The molecule has 0 spiro atoms. The van der Waals surface area contributed by atoms with E-state index in [9.17, 15) is 5.26 Å². The molecule has 0 unspecified atom stereocenters. The molecule has 0 atom stereocenters. The number of nitriles is 1. The lowest BCUT2D eigenvalue weighted by Crippen LogP contribution is -2.02. The molecule has 3 nitrogen and oxygen atoms in total. The van der Waals surface area contributed by atoms with Crippen LogP contribution >= 0.6 is 34.2 Å². The van der Waals surface area contributed by atoms with Crippen LogP contribution in [0.15, 0.2) is 78.9 Å². The molecule has 5 heteroatoms. The molecule has 0 amide bonds. The zero-order valence-corrected chi connectivity index (χ0v) is 20.9. The van der Waals surface area contributed by atoms with E-state index in [1.165, 1.54) is 10.8 Å². The highest BCUT2D eigenvalue weighted by molar-refractivity contribution is 14.1. The van der Waals surface area contributed by atoms with Crippen molar-refractivity contribution in [1.82, 2.24) is 0 Å². The van der Waals surface area contributed by atoms with Crippen LogP contribution in [0.1, 0.15) is 23.6 Å². The van der Waals surface area contributed by atoms with Gasteiger partial charge >= 0.3 is 0 Å². The van der Waals surface area contributed by atoms with Gasteiger partial charge in [-0.25, -0.2) is 0 Å². The van der Waals surface area contributed by atoms with Crippen LogP contribution in [0.5, 0.6) is 11.5 Å². The van der Waals surface area contributed by atoms with Crippen molar-refractivity contribution in [3.05, 3.63) is 104 Å². The van der Waals surface area contributed by atoms with E-state index in [2.05, 4.69) is 59.0 Å². The van der Waals surface area contributed by atoms with Crippen LogP contribution in [0.2, 0.25) is 5.02 Å². The molecule has 0 heterocycles. The zero-order chi connectivity index (χ0) is 23.2. The van der Waals surface area contributed by atoms with E-state index in [-0.39, 0.29) is 0 Å². The van der Waals surface area contributed by atoms with Crippen LogP contribution in [0.4, 0.5) is 0 Å². The summed E-state index contributed by atoms with van der Waals surface area (Å²) in [5, 5.41) is 12.6. The Kier molecular flexibility index (Phi) is 7.54. The van der Waals surface area contributed by atoms with Gasteiger partial charge in [-0.05, 0) is 81.8 Å². The number of hydrogen-bond donors (Lipinski definition) is 0. The Morgan fingerprint density at radius 3 is 2.48 bits per heavy atom. The van der Waals surface area contributed by atoms with Crippen LogP contribution < -0.4 is 9.47 Å². The minimum Gasteiger partial charge on any atom is -0.490 e. The quantitative estimate of drug-likeness (QED) is 0.129. The number of hydrogen-bond acceptors (Lipinski definition) is 3. The van der Waals surface area contributed by atoms with Crippen molar-refractivity contribution in [1.29, 1.82) is 5.26 Å². The van der Waals surface area contributed by atoms with Crippen molar-refractivity contribution in [3.63, 3.8) is 0 Å². The summed E-state index contributed by atoms with van der Waals surface area (Å²) in [4.78, 5) is 0. The minimum absolute atomic E-state index is 0.430. The van der Waals surface area contributed by atoms with Gasteiger partial charge in [0, 0.05) is 10.6 Å². The first-order valence-corrected chi connectivity index (χ1v) is 12.0. The molecule has 4 aromatic rings. The van der Waals surface area contributed by atoms with Crippen LogP contribution in [-0.2, 0) is 6.61 Å². The molecule has 0 saturated carbocycles. The summed E-state index contributed by atoms with van der Waals surface area (Å²) in [7, 11) is 0. The molecule has 164 valence electrons. The van der Waals surface area contributed by atoms with E-state index >= 15 is 0 Å². The highest BCUT2D eigenvalue weighted by Crippen LogP contribution is 2.36. The molecule has 0 radical (unpaired) electrons. The van der Waals surface area contributed by atoms with Gasteiger partial charge < -0.3 is 9.47 Å². The highest BCUT2D eigenvalue weighted by Gasteiger charge is 2.14. The molecule has 0 saturated heterocycles. The molecule has 0 fully saturated rings. The van der Waals surface area contributed by atoms with Crippen LogP contribution in [0, 0.1) is 14.9 Å². The summed E-state index contributed by atoms with van der Waals surface area (Å²) in [6.45, 7) is 2.87. The first-order chi connectivity index (χ1) is 16.1. The normalized spacial score (nSPS) is 11.3. The Morgan fingerprint density at radius 2 is 1.73 bits per heavy atom. The Labute approximate surface area is 212 Å². The van der Waals surface area contributed by atoms with Gasteiger partial charge in [0.1, 0.15) is 6.61 Å². The number of ether oxygens (including phenoxy) is 2. The lowest BCUT2D eigenvalue weighted by molar-refractivity contribution is 0.267. The predicted octanol–water partition coefficient (Wildman–Crippen LogP) is 8.14. The van der Waals surface area contributed by atoms with Crippen LogP contribution in [0.3, 0.4) is 0 Å². The molecule has 0 aliphatic rings. The smallest absolute Gasteiger partial charge is 0.175 e. The van der Waals surface area contributed by atoms with Crippen molar-refractivity contribution in [3.8, 4) is 17.6 Å². The van der Waals surface area contributed by atoms with Crippen molar-refractivity contribution >= 4 is 56.6 Å². The summed E-state index contributed by atoms with van der Waals surface area (Å²) in [5.74, 6) is 1.34. The molecular weight excluding hydrogens is 545 g/mol. The van der Waals surface area contributed by atoms with E-state index in [1.807, 2.05) is 55.5 Å². The molecule has 0 aliphatic carbocycles. The number of nitrogens with zero attached hydrogens (tertiary/aromatic N) is 1. The van der Waals surface area contributed by atoms with E-state index in [4.69, 9.17) is 21.1 Å². The van der Waals surface area contributed by atoms with E-state index < -0.39 is 0 Å². The maximum absolute atomic E-state index is 9.71. The fraction of sp³-hybridized carbons (Fsp3) is 0.107. The van der Waals surface area contributed by atoms with Crippen molar-refractivity contribution in [2.75, 3.05) is 6.61 Å².